The first kappa shape index (κ1) is 14.0. The van der Waals surface area contributed by atoms with E-state index >= 15 is 0 Å². The highest BCUT2D eigenvalue weighted by molar-refractivity contribution is 4.77. The average molecular weight is 199 g/mol. The summed E-state index contributed by atoms with van der Waals surface area (Å²) < 4.78 is 0. The summed E-state index contributed by atoms with van der Waals surface area (Å²) in [6.45, 7) is 9.34. The van der Waals surface area contributed by atoms with Gasteiger partial charge in [0.2, 0.25) is 0 Å². The van der Waals surface area contributed by atoms with Crippen molar-refractivity contribution in [1.29, 1.82) is 0 Å². The van der Waals surface area contributed by atoms with Crippen LogP contribution in [0.5, 0.6) is 0 Å². The molecular weight excluding hydrogens is 170 g/mol. The third kappa shape index (κ3) is 4.00. The zero-order chi connectivity index (χ0) is 11.1. The molecule has 0 fully saturated rings. The summed E-state index contributed by atoms with van der Waals surface area (Å²) in [7, 11) is 4.40. The average Bonchev–Trinajstić information content (AvgIpc) is 2.17. The third-order valence-corrected chi connectivity index (χ3v) is 3.69. The minimum absolute atomic E-state index is 0.719. The summed E-state index contributed by atoms with van der Waals surface area (Å²) in [4.78, 5) is 2.37. The van der Waals surface area contributed by atoms with Gasteiger partial charge in [-0.15, -0.1) is 0 Å². The van der Waals surface area contributed by atoms with Gasteiger partial charge in [-0.3, -0.25) is 0 Å². The van der Waals surface area contributed by atoms with Gasteiger partial charge in [-0.2, -0.15) is 0 Å². The molecule has 0 bridgehead atoms. The molecule has 0 heterocycles. The lowest BCUT2D eigenvalue weighted by Crippen LogP contribution is -2.36. The van der Waals surface area contributed by atoms with Crippen LogP contribution in [0.1, 0.15) is 53.4 Å². The number of nitrogens with zero attached hydrogens (tertiary/aromatic N) is 1. The first-order valence-corrected chi connectivity index (χ1v) is 6.24. The molecule has 0 amide bonds. The van der Waals surface area contributed by atoms with Crippen molar-refractivity contribution in [3.63, 3.8) is 0 Å². The van der Waals surface area contributed by atoms with Crippen molar-refractivity contribution in [2.24, 2.45) is 11.8 Å². The molecule has 3 atom stereocenters. The normalized spacial score (nSPS) is 18.2. The van der Waals surface area contributed by atoms with Crippen LogP contribution in [0.25, 0.3) is 0 Å². The Kier molecular flexibility index (Phi) is 7.26. The highest BCUT2D eigenvalue weighted by atomic mass is 15.1. The second-order valence-corrected chi connectivity index (χ2v) is 4.73. The maximum atomic E-state index is 2.37. The van der Waals surface area contributed by atoms with Gasteiger partial charge in [0.25, 0.3) is 0 Å². The molecule has 0 aromatic carbocycles. The van der Waals surface area contributed by atoms with E-state index in [-0.39, 0.29) is 0 Å². The van der Waals surface area contributed by atoms with E-state index in [0.29, 0.717) is 0 Å². The van der Waals surface area contributed by atoms with E-state index in [1.165, 1.54) is 25.7 Å². The molecule has 0 aromatic heterocycles. The summed E-state index contributed by atoms with van der Waals surface area (Å²) in [5.74, 6) is 1.79. The van der Waals surface area contributed by atoms with Crippen LogP contribution in [0, 0.1) is 11.8 Å². The van der Waals surface area contributed by atoms with Crippen molar-refractivity contribution in [3.05, 3.63) is 0 Å². The Morgan fingerprint density at radius 1 is 1.00 bits per heavy atom. The Labute approximate surface area is 90.9 Å². The lowest BCUT2D eigenvalue weighted by Gasteiger charge is -2.34. The quantitative estimate of drug-likeness (QED) is 0.603. The van der Waals surface area contributed by atoms with Crippen molar-refractivity contribution in [1.82, 2.24) is 4.90 Å². The molecule has 1 heteroatoms. The fourth-order valence-corrected chi connectivity index (χ4v) is 2.54. The van der Waals surface area contributed by atoms with Crippen molar-refractivity contribution >= 4 is 0 Å². The van der Waals surface area contributed by atoms with Crippen LogP contribution in [-0.4, -0.2) is 25.0 Å². The molecule has 0 rings (SSSR count). The summed E-state index contributed by atoms with van der Waals surface area (Å²) in [6, 6.07) is 0.719. The largest absolute Gasteiger partial charge is 0.306 e. The zero-order valence-electron chi connectivity index (χ0n) is 11.0. The fraction of sp³-hybridized carbons (Fsp3) is 1.00. The topological polar surface area (TPSA) is 3.24 Å². The molecule has 86 valence electrons. The molecule has 0 aliphatic heterocycles. The molecule has 3 unspecified atom stereocenters. The van der Waals surface area contributed by atoms with E-state index in [9.17, 15) is 0 Å². The maximum absolute atomic E-state index is 2.37. The SMILES string of the molecule is CCCC(CC)C(CC)C(C)N(C)C. The van der Waals surface area contributed by atoms with Crippen molar-refractivity contribution in [2.45, 2.75) is 59.4 Å². The van der Waals surface area contributed by atoms with Gasteiger partial charge in [0, 0.05) is 6.04 Å². The van der Waals surface area contributed by atoms with E-state index in [1.807, 2.05) is 0 Å². The Balaban J connectivity index is 4.33. The van der Waals surface area contributed by atoms with E-state index < -0.39 is 0 Å². The fourth-order valence-electron chi connectivity index (χ4n) is 2.54. The molecule has 14 heavy (non-hydrogen) atoms. The van der Waals surface area contributed by atoms with Gasteiger partial charge in [-0.05, 0) is 32.9 Å². The van der Waals surface area contributed by atoms with Crippen LogP contribution in [0.15, 0.2) is 0 Å². The Bertz CT molecular complexity index is 131. The van der Waals surface area contributed by atoms with Gasteiger partial charge in [-0.25, -0.2) is 0 Å². The molecule has 0 N–H and O–H groups in total. The highest BCUT2D eigenvalue weighted by Crippen LogP contribution is 2.28. The second-order valence-electron chi connectivity index (χ2n) is 4.73. The standard InChI is InChI=1S/C13H29N/c1-7-10-12(8-2)13(9-3)11(4)14(5)6/h11-13H,7-10H2,1-6H3. The Morgan fingerprint density at radius 3 is 1.86 bits per heavy atom. The van der Waals surface area contributed by atoms with Crippen molar-refractivity contribution in [3.8, 4) is 0 Å². The lowest BCUT2D eigenvalue weighted by atomic mass is 9.80. The van der Waals surface area contributed by atoms with Gasteiger partial charge in [0.1, 0.15) is 0 Å². The molecule has 1 nitrogen and oxygen atoms in total. The van der Waals surface area contributed by atoms with Crippen LogP contribution in [0.2, 0.25) is 0 Å². The predicted molar refractivity (Wildman–Crippen MR) is 65.6 cm³/mol. The molecule has 0 aromatic rings. The molecule has 0 spiro atoms. The van der Waals surface area contributed by atoms with E-state index in [4.69, 9.17) is 0 Å². The van der Waals surface area contributed by atoms with Crippen molar-refractivity contribution < 1.29 is 0 Å². The van der Waals surface area contributed by atoms with E-state index in [0.717, 1.165) is 17.9 Å². The van der Waals surface area contributed by atoms with Crippen molar-refractivity contribution in [2.75, 3.05) is 14.1 Å². The molecule has 0 radical (unpaired) electrons. The molecule has 0 aliphatic carbocycles. The van der Waals surface area contributed by atoms with Crippen LogP contribution >= 0.6 is 0 Å². The van der Waals surface area contributed by atoms with Gasteiger partial charge < -0.3 is 4.90 Å². The zero-order valence-corrected chi connectivity index (χ0v) is 11.0. The third-order valence-electron chi connectivity index (χ3n) is 3.69. The Morgan fingerprint density at radius 2 is 1.57 bits per heavy atom. The van der Waals surface area contributed by atoms with Gasteiger partial charge in [0.05, 0.1) is 0 Å². The number of hydrogen-bond donors (Lipinski definition) is 0. The summed E-state index contributed by atoms with van der Waals surface area (Å²) >= 11 is 0. The molecule has 0 saturated carbocycles. The highest BCUT2D eigenvalue weighted by Gasteiger charge is 2.24. The van der Waals surface area contributed by atoms with Crippen LogP contribution in [-0.2, 0) is 0 Å². The number of hydrogen-bond acceptors (Lipinski definition) is 1. The van der Waals surface area contributed by atoms with E-state index in [2.05, 4.69) is 46.7 Å². The van der Waals surface area contributed by atoms with Gasteiger partial charge in [-0.1, -0.05) is 46.5 Å². The van der Waals surface area contributed by atoms with Gasteiger partial charge in [0.15, 0.2) is 0 Å². The summed E-state index contributed by atoms with van der Waals surface area (Å²) in [5, 5.41) is 0. The van der Waals surface area contributed by atoms with Gasteiger partial charge >= 0.3 is 0 Å². The molecule has 0 aliphatic rings. The lowest BCUT2D eigenvalue weighted by molar-refractivity contribution is 0.153. The number of rotatable bonds is 7. The summed E-state index contributed by atoms with van der Waals surface area (Å²) in [5.41, 5.74) is 0. The molecule has 0 saturated heterocycles. The first-order chi connectivity index (χ1) is 6.58. The van der Waals surface area contributed by atoms with Crippen LogP contribution in [0.3, 0.4) is 0 Å². The van der Waals surface area contributed by atoms with Crippen LogP contribution < -0.4 is 0 Å². The smallest absolute Gasteiger partial charge is 0.00916 e. The first-order valence-electron chi connectivity index (χ1n) is 6.24. The summed E-state index contributed by atoms with van der Waals surface area (Å²) in [6.07, 6.45) is 5.38. The Hall–Kier alpha value is -0.0400. The predicted octanol–water partition coefficient (Wildman–Crippen LogP) is 3.79. The minimum Gasteiger partial charge on any atom is -0.306 e. The molecular formula is C13H29N. The maximum Gasteiger partial charge on any atom is 0.00916 e. The monoisotopic (exact) mass is 199 g/mol. The van der Waals surface area contributed by atoms with E-state index in [1.54, 1.807) is 0 Å². The second kappa shape index (κ2) is 7.28. The minimum atomic E-state index is 0.719. The van der Waals surface area contributed by atoms with Crippen LogP contribution in [0.4, 0.5) is 0 Å².